The summed E-state index contributed by atoms with van der Waals surface area (Å²) in [5.74, 6) is 2.00. The van der Waals surface area contributed by atoms with Crippen LogP contribution in [0.15, 0.2) is 23.4 Å². The van der Waals surface area contributed by atoms with Crippen LogP contribution in [0.4, 0.5) is 0 Å². The van der Waals surface area contributed by atoms with E-state index in [9.17, 15) is 0 Å². The quantitative estimate of drug-likeness (QED) is 0.824. The molecule has 0 radical (unpaired) electrons. The van der Waals surface area contributed by atoms with E-state index in [2.05, 4.69) is 47.5 Å². The van der Waals surface area contributed by atoms with Crippen molar-refractivity contribution in [2.45, 2.75) is 43.8 Å². The molecule has 2 aromatic rings. The van der Waals surface area contributed by atoms with Crippen LogP contribution in [-0.4, -0.2) is 28.8 Å². The second-order valence-corrected chi connectivity index (χ2v) is 6.87. The molecule has 108 valence electrons. The van der Waals surface area contributed by atoms with Crippen LogP contribution in [0.25, 0.3) is 11.0 Å². The lowest BCUT2D eigenvalue weighted by Gasteiger charge is -2.18. The van der Waals surface area contributed by atoms with Gasteiger partial charge in [0, 0.05) is 11.8 Å². The zero-order valence-corrected chi connectivity index (χ0v) is 13.1. The number of hydrogen-bond acceptors (Lipinski definition) is 3. The van der Waals surface area contributed by atoms with Crippen LogP contribution in [0.3, 0.4) is 0 Å². The van der Waals surface area contributed by atoms with Crippen LogP contribution >= 0.6 is 11.8 Å². The Kier molecular flexibility index (Phi) is 4.32. The molecule has 3 rings (SSSR count). The smallest absolute Gasteiger partial charge is 0.166 e. The Morgan fingerprint density at radius 3 is 3.15 bits per heavy atom. The van der Waals surface area contributed by atoms with E-state index in [0.717, 1.165) is 33.9 Å². The molecule has 1 saturated carbocycles. The number of fused-ring (bicyclic) bond motifs is 1. The van der Waals surface area contributed by atoms with Gasteiger partial charge < -0.3 is 10.3 Å². The van der Waals surface area contributed by atoms with Gasteiger partial charge >= 0.3 is 0 Å². The number of thioether (sulfide) groups is 1. The van der Waals surface area contributed by atoms with Crippen molar-refractivity contribution in [3.05, 3.63) is 23.8 Å². The molecule has 1 fully saturated rings. The first-order valence-corrected chi connectivity index (χ1v) is 8.51. The number of nitrogens with one attached hydrogen (secondary N) is 2. The maximum atomic E-state index is 4.65. The number of H-pyrrole nitrogens is 1. The first-order chi connectivity index (χ1) is 9.76. The number of aryl methyl sites for hydroxylation is 1. The van der Waals surface area contributed by atoms with Crippen LogP contribution in [0.1, 0.15) is 31.2 Å². The van der Waals surface area contributed by atoms with Gasteiger partial charge in [0.1, 0.15) is 0 Å². The summed E-state index contributed by atoms with van der Waals surface area (Å²) >= 11 is 1.86. The highest BCUT2D eigenvalue weighted by molar-refractivity contribution is 7.99. The number of imidazole rings is 1. The lowest BCUT2D eigenvalue weighted by molar-refractivity contribution is 0.417. The van der Waals surface area contributed by atoms with Crippen LogP contribution in [0.5, 0.6) is 0 Å². The normalized spacial score (nSPS) is 22.7. The topological polar surface area (TPSA) is 40.7 Å². The molecule has 2 unspecified atom stereocenters. The maximum absolute atomic E-state index is 4.65. The van der Waals surface area contributed by atoms with Gasteiger partial charge in [-0.25, -0.2) is 4.98 Å². The van der Waals surface area contributed by atoms with Gasteiger partial charge in [-0.05, 0) is 56.8 Å². The summed E-state index contributed by atoms with van der Waals surface area (Å²) in [4.78, 5) is 8.07. The van der Waals surface area contributed by atoms with E-state index in [4.69, 9.17) is 0 Å². The summed E-state index contributed by atoms with van der Waals surface area (Å²) in [5, 5.41) is 4.52. The number of rotatable bonds is 5. The lowest BCUT2D eigenvalue weighted by Crippen LogP contribution is -2.29. The average molecular weight is 289 g/mol. The fourth-order valence-electron chi connectivity index (χ4n) is 3.24. The maximum Gasteiger partial charge on any atom is 0.166 e. The molecule has 0 bridgehead atoms. The zero-order chi connectivity index (χ0) is 13.9. The molecular formula is C16H23N3S. The van der Waals surface area contributed by atoms with Crippen LogP contribution in [-0.2, 0) is 0 Å². The third-order valence-electron chi connectivity index (χ3n) is 4.37. The minimum atomic E-state index is 0.730. The molecule has 2 atom stereocenters. The molecule has 1 heterocycles. The summed E-state index contributed by atoms with van der Waals surface area (Å²) in [6, 6.07) is 7.11. The molecule has 3 nitrogen and oxygen atoms in total. The monoisotopic (exact) mass is 289 g/mol. The highest BCUT2D eigenvalue weighted by Crippen LogP contribution is 2.30. The first-order valence-electron chi connectivity index (χ1n) is 7.52. The zero-order valence-electron chi connectivity index (χ0n) is 12.3. The molecule has 0 aliphatic heterocycles. The molecule has 1 aliphatic carbocycles. The van der Waals surface area contributed by atoms with Crippen molar-refractivity contribution >= 4 is 22.8 Å². The van der Waals surface area contributed by atoms with Gasteiger partial charge in [-0.2, -0.15) is 0 Å². The Balaban J connectivity index is 1.57. The number of benzene rings is 1. The van der Waals surface area contributed by atoms with Gasteiger partial charge in [-0.3, -0.25) is 0 Å². The largest absolute Gasteiger partial charge is 0.333 e. The second-order valence-electron chi connectivity index (χ2n) is 5.79. The minimum Gasteiger partial charge on any atom is -0.333 e. The number of hydrogen-bond donors (Lipinski definition) is 2. The van der Waals surface area contributed by atoms with Crippen molar-refractivity contribution in [1.29, 1.82) is 0 Å². The molecular weight excluding hydrogens is 266 g/mol. The van der Waals surface area contributed by atoms with E-state index in [1.54, 1.807) is 0 Å². The van der Waals surface area contributed by atoms with Gasteiger partial charge in [0.2, 0.25) is 0 Å². The summed E-state index contributed by atoms with van der Waals surface area (Å²) in [6.07, 6.45) is 5.39. The van der Waals surface area contributed by atoms with Gasteiger partial charge in [-0.1, -0.05) is 24.2 Å². The molecule has 1 aromatic carbocycles. The molecule has 1 aliphatic rings. The molecule has 0 spiro atoms. The van der Waals surface area contributed by atoms with E-state index in [0.29, 0.717) is 0 Å². The van der Waals surface area contributed by atoms with Crippen molar-refractivity contribution < 1.29 is 0 Å². The number of aromatic nitrogens is 2. The van der Waals surface area contributed by atoms with Gasteiger partial charge in [0.05, 0.1) is 11.0 Å². The van der Waals surface area contributed by atoms with Gasteiger partial charge in [0.15, 0.2) is 5.16 Å². The van der Waals surface area contributed by atoms with Crippen LogP contribution in [0, 0.1) is 12.8 Å². The highest BCUT2D eigenvalue weighted by Gasteiger charge is 2.25. The first kappa shape index (κ1) is 14.0. The minimum absolute atomic E-state index is 0.730. The van der Waals surface area contributed by atoms with E-state index in [1.165, 1.54) is 31.2 Å². The van der Waals surface area contributed by atoms with Crippen molar-refractivity contribution in [1.82, 2.24) is 15.3 Å². The fourth-order valence-corrected chi connectivity index (χ4v) is 4.20. The Hall–Kier alpha value is -1.00. The molecule has 20 heavy (non-hydrogen) atoms. The van der Waals surface area contributed by atoms with Gasteiger partial charge in [-0.15, -0.1) is 0 Å². The van der Waals surface area contributed by atoms with Crippen LogP contribution < -0.4 is 5.32 Å². The van der Waals surface area contributed by atoms with E-state index in [-0.39, 0.29) is 0 Å². The summed E-state index contributed by atoms with van der Waals surface area (Å²) in [6.45, 7) is 2.12. The Morgan fingerprint density at radius 2 is 2.30 bits per heavy atom. The van der Waals surface area contributed by atoms with Crippen molar-refractivity contribution in [2.75, 3.05) is 12.8 Å². The number of nitrogens with zero attached hydrogens (tertiary/aromatic N) is 1. The van der Waals surface area contributed by atoms with E-state index >= 15 is 0 Å². The Bertz CT molecular complexity index is 578. The third-order valence-corrected chi connectivity index (χ3v) is 5.28. The SMILES string of the molecule is CNC1CCCC1CCSc1nc2ccc(C)cc2[nH]1. The average Bonchev–Trinajstić information content (AvgIpc) is 3.04. The summed E-state index contributed by atoms with van der Waals surface area (Å²) in [5.41, 5.74) is 3.51. The van der Waals surface area contributed by atoms with Crippen molar-refractivity contribution in [2.24, 2.45) is 5.92 Å². The molecule has 4 heteroatoms. The van der Waals surface area contributed by atoms with Crippen LogP contribution in [0.2, 0.25) is 0 Å². The molecule has 2 N–H and O–H groups in total. The van der Waals surface area contributed by atoms with Crippen molar-refractivity contribution in [3.8, 4) is 0 Å². The lowest BCUT2D eigenvalue weighted by atomic mass is 10.0. The van der Waals surface area contributed by atoms with E-state index < -0.39 is 0 Å². The summed E-state index contributed by atoms with van der Waals surface area (Å²) < 4.78 is 0. The highest BCUT2D eigenvalue weighted by atomic mass is 32.2. The predicted molar refractivity (Wildman–Crippen MR) is 86.4 cm³/mol. The van der Waals surface area contributed by atoms with Gasteiger partial charge in [0.25, 0.3) is 0 Å². The second kappa shape index (κ2) is 6.19. The number of aromatic amines is 1. The van der Waals surface area contributed by atoms with E-state index in [1.807, 2.05) is 11.8 Å². The fraction of sp³-hybridized carbons (Fsp3) is 0.562. The third kappa shape index (κ3) is 3.01. The van der Waals surface area contributed by atoms with Crippen molar-refractivity contribution in [3.63, 3.8) is 0 Å². The molecule has 1 aromatic heterocycles. The summed E-state index contributed by atoms with van der Waals surface area (Å²) in [7, 11) is 2.09. The molecule has 0 saturated heterocycles. The Morgan fingerprint density at radius 1 is 1.40 bits per heavy atom. The Labute approximate surface area is 124 Å². The molecule has 0 amide bonds. The standard InChI is InChI=1S/C16H23N3S/c1-11-6-7-14-15(10-11)19-16(18-14)20-9-8-12-4-3-5-13(12)17-2/h6-7,10,12-13,17H,3-5,8-9H2,1-2H3,(H,18,19). The predicted octanol–water partition coefficient (Wildman–Crippen LogP) is 3.74.